The van der Waals surface area contributed by atoms with E-state index in [9.17, 15) is 9.59 Å². The van der Waals surface area contributed by atoms with E-state index in [0.29, 0.717) is 10.6 Å². The molecule has 0 spiro atoms. The lowest BCUT2D eigenvalue weighted by molar-refractivity contribution is -0.140. The fourth-order valence-electron chi connectivity index (χ4n) is 1.36. The van der Waals surface area contributed by atoms with E-state index in [1.165, 1.54) is 6.92 Å². The standard InChI is InChI=1S/C12H13N3O3S/c1-7-3-4-14-11(9(7)5-13)19-6-10(12(17)18)15-8(2)16/h3-4,10H,6H2,1-2H3,(H,15,16)(H,17,18). The first-order chi connectivity index (χ1) is 8.95. The van der Waals surface area contributed by atoms with Gasteiger partial charge in [-0.2, -0.15) is 5.26 Å². The number of aliphatic carboxylic acids is 1. The smallest absolute Gasteiger partial charge is 0.327 e. The van der Waals surface area contributed by atoms with E-state index in [2.05, 4.69) is 10.3 Å². The number of nitrogens with one attached hydrogen (secondary N) is 1. The van der Waals surface area contributed by atoms with Gasteiger partial charge in [0.05, 0.1) is 5.56 Å². The third-order valence-electron chi connectivity index (χ3n) is 2.30. The molecule has 6 nitrogen and oxygen atoms in total. The molecule has 0 aromatic carbocycles. The highest BCUT2D eigenvalue weighted by atomic mass is 32.2. The zero-order valence-corrected chi connectivity index (χ0v) is 11.3. The predicted molar refractivity (Wildman–Crippen MR) is 69.7 cm³/mol. The first kappa shape index (κ1) is 15.0. The van der Waals surface area contributed by atoms with Crippen molar-refractivity contribution in [2.75, 3.05) is 5.75 Å². The number of rotatable bonds is 5. The van der Waals surface area contributed by atoms with Gasteiger partial charge in [-0.15, -0.1) is 11.8 Å². The minimum atomic E-state index is -1.12. The zero-order chi connectivity index (χ0) is 14.4. The Morgan fingerprint density at radius 3 is 2.84 bits per heavy atom. The van der Waals surface area contributed by atoms with Gasteiger partial charge in [0, 0.05) is 18.9 Å². The van der Waals surface area contributed by atoms with Crippen LogP contribution in [0.2, 0.25) is 0 Å². The molecule has 1 aromatic heterocycles. The Balaban J connectivity index is 2.80. The van der Waals surface area contributed by atoms with Crippen LogP contribution >= 0.6 is 11.8 Å². The van der Waals surface area contributed by atoms with Gasteiger partial charge in [-0.3, -0.25) is 4.79 Å². The molecule has 0 aliphatic heterocycles. The number of carboxylic acid groups (broad SMARTS) is 1. The van der Waals surface area contributed by atoms with Crippen molar-refractivity contribution in [1.82, 2.24) is 10.3 Å². The molecule has 0 saturated heterocycles. The summed E-state index contributed by atoms with van der Waals surface area (Å²) in [4.78, 5) is 25.9. The van der Waals surface area contributed by atoms with Gasteiger partial charge >= 0.3 is 5.97 Å². The lowest BCUT2D eigenvalue weighted by Gasteiger charge is -2.13. The molecule has 0 fully saturated rings. The van der Waals surface area contributed by atoms with Gasteiger partial charge in [-0.05, 0) is 18.6 Å². The first-order valence-electron chi connectivity index (χ1n) is 5.44. The number of aromatic nitrogens is 1. The highest BCUT2D eigenvalue weighted by molar-refractivity contribution is 7.99. The Morgan fingerprint density at radius 1 is 1.63 bits per heavy atom. The lowest BCUT2D eigenvalue weighted by Crippen LogP contribution is -2.41. The molecule has 0 radical (unpaired) electrons. The summed E-state index contributed by atoms with van der Waals surface area (Å²) in [5.74, 6) is -1.42. The van der Waals surface area contributed by atoms with Crippen LogP contribution in [0.5, 0.6) is 0 Å². The Hall–Kier alpha value is -2.07. The SMILES string of the molecule is CC(=O)NC(CSc1nccc(C)c1C#N)C(=O)O. The molecule has 1 unspecified atom stereocenters. The van der Waals surface area contributed by atoms with Crippen molar-refractivity contribution >= 4 is 23.6 Å². The number of hydrogen-bond donors (Lipinski definition) is 2. The average Bonchev–Trinajstić information content (AvgIpc) is 2.33. The first-order valence-corrected chi connectivity index (χ1v) is 6.42. The van der Waals surface area contributed by atoms with E-state index in [1.807, 2.05) is 6.07 Å². The Morgan fingerprint density at radius 2 is 2.32 bits per heavy atom. The third-order valence-corrected chi connectivity index (χ3v) is 3.38. The maximum atomic E-state index is 11.0. The number of thioether (sulfide) groups is 1. The van der Waals surface area contributed by atoms with Crippen LogP contribution in [0.3, 0.4) is 0 Å². The number of amides is 1. The number of nitriles is 1. The summed E-state index contributed by atoms with van der Waals surface area (Å²) in [7, 11) is 0. The van der Waals surface area contributed by atoms with Crippen molar-refractivity contribution in [2.24, 2.45) is 0 Å². The van der Waals surface area contributed by atoms with Crippen LogP contribution in [-0.4, -0.2) is 33.8 Å². The van der Waals surface area contributed by atoms with Gasteiger partial charge in [-0.1, -0.05) is 0 Å². The van der Waals surface area contributed by atoms with Gasteiger partial charge in [0.1, 0.15) is 17.1 Å². The van der Waals surface area contributed by atoms with Crippen molar-refractivity contribution in [3.63, 3.8) is 0 Å². The molecule has 1 atom stereocenters. The quantitative estimate of drug-likeness (QED) is 0.778. The molecule has 0 saturated carbocycles. The maximum absolute atomic E-state index is 11.0. The number of hydrogen-bond acceptors (Lipinski definition) is 5. The normalized spacial score (nSPS) is 11.4. The van der Waals surface area contributed by atoms with Crippen LogP contribution < -0.4 is 5.32 Å². The van der Waals surface area contributed by atoms with Crippen LogP contribution in [0.1, 0.15) is 18.1 Å². The molecule has 1 heterocycles. The van der Waals surface area contributed by atoms with E-state index < -0.39 is 17.9 Å². The van der Waals surface area contributed by atoms with Crippen LogP contribution in [0.4, 0.5) is 0 Å². The Bertz CT molecular complexity index is 540. The summed E-state index contributed by atoms with van der Waals surface area (Å²) in [5.41, 5.74) is 1.21. The van der Waals surface area contributed by atoms with Crippen molar-refractivity contribution < 1.29 is 14.7 Å². The fraction of sp³-hybridized carbons (Fsp3) is 0.333. The summed E-state index contributed by atoms with van der Waals surface area (Å²) < 4.78 is 0. The second kappa shape index (κ2) is 6.75. The molecule has 0 aliphatic rings. The number of carbonyl (C=O) groups excluding carboxylic acids is 1. The fourth-order valence-corrected chi connectivity index (χ4v) is 2.40. The van der Waals surface area contributed by atoms with E-state index in [-0.39, 0.29) is 5.75 Å². The van der Waals surface area contributed by atoms with Crippen LogP contribution in [0, 0.1) is 18.3 Å². The topological polar surface area (TPSA) is 103 Å². The van der Waals surface area contributed by atoms with Crippen LogP contribution in [0.15, 0.2) is 17.3 Å². The predicted octanol–water partition coefficient (Wildman–Crippen LogP) is 0.943. The highest BCUT2D eigenvalue weighted by Crippen LogP contribution is 2.22. The van der Waals surface area contributed by atoms with Gasteiger partial charge in [0.25, 0.3) is 0 Å². The monoisotopic (exact) mass is 279 g/mol. The number of pyridine rings is 1. The third kappa shape index (κ3) is 4.26. The van der Waals surface area contributed by atoms with Gasteiger partial charge in [0.2, 0.25) is 5.91 Å². The highest BCUT2D eigenvalue weighted by Gasteiger charge is 2.19. The number of carboxylic acids is 1. The van der Waals surface area contributed by atoms with Crippen molar-refractivity contribution in [3.8, 4) is 6.07 Å². The number of carbonyl (C=O) groups is 2. The summed E-state index contributed by atoms with van der Waals surface area (Å²) >= 11 is 1.14. The van der Waals surface area contributed by atoms with Gasteiger partial charge in [-0.25, -0.2) is 9.78 Å². The van der Waals surface area contributed by atoms with Crippen molar-refractivity contribution in [1.29, 1.82) is 5.26 Å². The molecule has 0 aliphatic carbocycles. The van der Waals surface area contributed by atoms with Crippen LogP contribution in [-0.2, 0) is 9.59 Å². The summed E-state index contributed by atoms with van der Waals surface area (Å²) in [6, 6.07) is 2.75. The molecule has 0 bridgehead atoms. The molecule has 2 N–H and O–H groups in total. The second-order valence-electron chi connectivity index (χ2n) is 3.82. The summed E-state index contributed by atoms with van der Waals surface area (Å²) in [6.07, 6.45) is 1.56. The molecule has 7 heteroatoms. The summed E-state index contributed by atoms with van der Waals surface area (Å²) in [5, 5.41) is 20.8. The Kier molecular flexibility index (Phi) is 5.33. The number of aryl methyl sites for hydroxylation is 1. The molecule has 1 amide bonds. The molecular weight excluding hydrogens is 266 g/mol. The van der Waals surface area contributed by atoms with E-state index in [0.717, 1.165) is 17.3 Å². The lowest BCUT2D eigenvalue weighted by atomic mass is 10.2. The largest absolute Gasteiger partial charge is 0.480 e. The molecule has 19 heavy (non-hydrogen) atoms. The minimum Gasteiger partial charge on any atom is -0.480 e. The second-order valence-corrected chi connectivity index (χ2v) is 4.83. The molecule has 1 rings (SSSR count). The Labute approximate surface area is 114 Å². The van der Waals surface area contributed by atoms with Gasteiger partial charge in [0.15, 0.2) is 0 Å². The average molecular weight is 279 g/mol. The van der Waals surface area contributed by atoms with Crippen molar-refractivity contribution in [2.45, 2.75) is 24.9 Å². The van der Waals surface area contributed by atoms with Gasteiger partial charge < -0.3 is 10.4 Å². The molecular formula is C12H13N3O3S. The molecule has 1 aromatic rings. The van der Waals surface area contributed by atoms with Crippen molar-refractivity contribution in [3.05, 3.63) is 23.4 Å². The minimum absolute atomic E-state index is 0.111. The summed E-state index contributed by atoms with van der Waals surface area (Å²) in [6.45, 7) is 3.04. The van der Waals surface area contributed by atoms with E-state index in [1.54, 1.807) is 19.2 Å². The number of nitrogens with zero attached hydrogens (tertiary/aromatic N) is 2. The zero-order valence-electron chi connectivity index (χ0n) is 10.5. The van der Waals surface area contributed by atoms with Crippen LogP contribution in [0.25, 0.3) is 0 Å². The maximum Gasteiger partial charge on any atom is 0.327 e. The molecule has 100 valence electrons. The van der Waals surface area contributed by atoms with E-state index in [4.69, 9.17) is 10.4 Å². The van der Waals surface area contributed by atoms with E-state index >= 15 is 0 Å².